The number of hydrogen-bond donors (Lipinski definition) is 0. The van der Waals surface area contributed by atoms with Crippen LogP contribution in [-0.4, -0.2) is 0 Å². The molecule has 0 saturated heterocycles. The van der Waals surface area contributed by atoms with E-state index in [1.165, 1.54) is 0 Å². The van der Waals surface area contributed by atoms with E-state index in [0.717, 1.165) is 5.56 Å². The van der Waals surface area contributed by atoms with Crippen molar-refractivity contribution in [2.24, 2.45) is 0 Å². The Hall–Kier alpha value is 0.000779. The van der Waals surface area contributed by atoms with Crippen LogP contribution in [0.1, 0.15) is 19.4 Å². The Morgan fingerprint density at radius 1 is 1.00 bits per heavy atom. The van der Waals surface area contributed by atoms with E-state index in [2.05, 4.69) is 19.8 Å². The molecule has 0 fully saturated rings. The van der Waals surface area contributed by atoms with Gasteiger partial charge in [-0.3, -0.25) is 5.92 Å². The molecule has 2 heteroatoms. The van der Waals surface area contributed by atoms with Crippen molar-refractivity contribution in [3.8, 4) is 5.92 Å². The summed E-state index contributed by atoms with van der Waals surface area (Å²) < 4.78 is 0. The van der Waals surface area contributed by atoms with Gasteiger partial charge in [-0.15, -0.1) is 17.7 Å². The Morgan fingerprint density at radius 3 is 1.57 bits per heavy atom. The molecule has 0 aliphatic heterocycles. The van der Waals surface area contributed by atoms with Crippen LogP contribution in [0.4, 0.5) is 0 Å². The summed E-state index contributed by atoms with van der Waals surface area (Å²) in [5, 5.41) is 0. The summed E-state index contributed by atoms with van der Waals surface area (Å²) in [6.07, 6.45) is 6.69. The zero-order valence-electron chi connectivity index (χ0n) is 9.51. The fraction of sp³-hybridized carbons (Fsp3) is 0.167. The molecule has 0 bridgehead atoms. The predicted octanol–water partition coefficient (Wildman–Crippen LogP) is 0.307. The molecule has 0 N–H and O–H groups in total. The Labute approximate surface area is 114 Å². The molecule has 0 aliphatic carbocycles. The van der Waals surface area contributed by atoms with Crippen molar-refractivity contribution in [2.75, 3.05) is 0 Å². The summed E-state index contributed by atoms with van der Waals surface area (Å²) >= 11 is 0. The topological polar surface area (TPSA) is 0 Å². The van der Waals surface area contributed by atoms with Gasteiger partial charge in [0.25, 0.3) is 0 Å². The molecule has 0 aliphatic rings. The fourth-order valence-corrected chi connectivity index (χ4v) is 0.521. The van der Waals surface area contributed by atoms with Gasteiger partial charge in [-0.25, -0.2) is 0 Å². The average Bonchev–Trinajstić information content (AvgIpc) is 2.25. The maximum absolute atomic E-state index is 6.69. The normalized spacial score (nSPS) is 5.36. The molecule has 0 nitrogen and oxygen atoms in total. The van der Waals surface area contributed by atoms with Crippen LogP contribution >= 0.6 is 0 Å². The second-order valence-electron chi connectivity index (χ2n) is 1.49. The zero-order chi connectivity index (χ0) is 9.82. The SMILES string of the molecule is [C-]#Cc1ccccc1.[CH2-]C.[CH2-]C.[Li+].[Zn+2]. The van der Waals surface area contributed by atoms with Crippen LogP contribution < -0.4 is 18.9 Å². The third-order valence-electron chi connectivity index (χ3n) is 0.918. The number of benzene rings is 1. The molecule has 1 rings (SSSR count). The Bertz CT molecular complexity index is 201. The van der Waals surface area contributed by atoms with Gasteiger partial charge in [-0.05, 0) is 0 Å². The van der Waals surface area contributed by atoms with Crippen molar-refractivity contribution >= 4 is 0 Å². The molecular weight excluding hydrogens is 216 g/mol. The van der Waals surface area contributed by atoms with Gasteiger partial charge in [0.15, 0.2) is 0 Å². The third kappa shape index (κ3) is 14.5. The van der Waals surface area contributed by atoms with Crippen molar-refractivity contribution in [3.05, 3.63) is 56.2 Å². The summed E-state index contributed by atoms with van der Waals surface area (Å²) in [6, 6.07) is 9.37. The average molecular weight is 232 g/mol. The van der Waals surface area contributed by atoms with Crippen LogP contribution in [0, 0.1) is 26.2 Å². The molecule has 0 spiro atoms. The van der Waals surface area contributed by atoms with E-state index < -0.39 is 0 Å². The molecule has 0 heterocycles. The van der Waals surface area contributed by atoms with Crippen molar-refractivity contribution in [1.82, 2.24) is 0 Å². The fourth-order valence-electron chi connectivity index (χ4n) is 0.521. The van der Waals surface area contributed by atoms with Crippen molar-refractivity contribution in [3.63, 3.8) is 0 Å². The molecule has 0 atom stereocenters. The van der Waals surface area contributed by atoms with E-state index >= 15 is 0 Å². The third-order valence-corrected chi connectivity index (χ3v) is 0.918. The van der Waals surface area contributed by atoms with Gasteiger partial charge >= 0.3 is 38.3 Å². The minimum absolute atomic E-state index is 0. The molecule has 0 unspecified atom stereocenters. The van der Waals surface area contributed by atoms with Crippen molar-refractivity contribution in [2.45, 2.75) is 13.8 Å². The Kier molecular flexibility index (Phi) is 39.1. The van der Waals surface area contributed by atoms with Gasteiger partial charge in [-0.2, -0.15) is 13.8 Å². The summed E-state index contributed by atoms with van der Waals surface area (Å²) in [7, 11) is 0. The maximum Gasteiger partial charge on any atom is 2.00 e. The van der Waals surface area contributed by atoms with Gasteiger partial charge in [0.2, 0.25) is 0 Å². The second kappa shape index (κ2) is 23.1. The van der Waals surface area contributed by atoms with Crippen LogP contribution in [0.2, 0.25) is 0 Å². The van der Waals surface area contributed by atoms with E-state index in [1.54, 1.807) is 13.8 Å². The van der Waals surface area contributed by atoms with Gasteiger partial charge in [-0.1, -0.05) is 18.2 Å². The van der Waals surface area contributed by atoms with E-state index in [1.807, 2.05) is 30.3 Å². The molecule has 1 aromatic carbocycles. The molecule has 14 heavy (non-hydrogen) atoms. The van der Waals surface area contributed by atoms with Crippen LogP contribution in [-0.2, 0) is 19.5 Å². The zero-order valence-corrected chi connectivity index (χ0v) is 12.5. The molecule has 0 saturated carbocycles. The van der Waals surface area contributed by atoms with Crippen LogP contribution in [0.3, 0.4) is 0 Å². The summed E-state index contributed by atoms with van der Waals surface area (Å²) in [5.74, 6) is 2.28. The van der Waals surface area contributed by atoms with Crippen LogP contribution in [0.5, 0.6) is 0 Å². The quantitative estimate of drug-likeness (QED) is 0.342. The molecule has 0 aromatic heterocycles. The van der Waals surface area contributed by atoms with E-state index in [9.17, 15) is 0 Å². The van der Waals surface area contributed by atoms with Gasteiger partial charge in [0.05, 0.1) is 0 Å². The van der Waals surface area contributed by atoms with Gasteiger partial charge in [0, 0.05) is 0 Å². The number of hydrogen-bond acceptors (Lipinski definition) is 0. The second-order valence-corrected chi connectivity index (χ2v) is 1.49. The maximum atomic E-state index is 6.69. The molecule has 1 aromatic rings. The Morgan fingerprint density at radius 2 is 1.36 bits per heavy atom. The van der Waals surface area contributed by atoms with Crippen LogP contribution in [0.25, 0.3) is 0 Å². The summed E-state index contributed by atoms with van der Waals surface area (Å²) in [6.45, 7) is 10.0. The monoisotopic (exact) mass is 230 g/mol. The molecule has 0 radical (unpaired) electrons. The minimum Gasteiger partial charge on any atom is -0.366 e. The summed E-state index contributed by atoms with van der Waals surface area (Å²) in [5.41, 5.74) is 0.826. The minimum atomic E-state index is 0. The van der Waals surface area contributed by atoms with Crippen LogP contribution in [0.15, 0.2) is 30.3 Å². The Balaban J connectivity index is -0.0000000750. The van der Waals surface area contributed by atoms with E-state index in [0.29, 0.717) is 0 Å². The first-order chi connectivity index (χ1) is 5.93. The van der Waals surface area contributed by atoms with Gasteiger partial charge in [0.1, 0.15) is 0 Å². The number of rotatable bonds is 0. The van der Waals surface area contributed by atoms with Crippen molar-refractivity contribution in [1.29, 1.82) is 0 Å². The molecule has 0 amide bonds. The first kappa shape index (κ1) is 23.7. The van der Waals surface area contributed by atoms with Crippen molar-refractivity contribution < 1.29 is 38.3 Å². The first-order valence-corrected chi connectivity index (χ1v) is 3.82. The smallest absolute Gasteiger partial charge is 0.366 e. The largest absolute Gasteiger partial charge is 2.00 e. The summed E-state index contributed by atoms with van der Waals surface area (Å²) in [4.78, 5) is 0. The standard InChI is InChI=1S/C8H5.2C2H5.Li.Zn/c1-2-8-6-4-3-5-7-8;2*1-2;;/h3-7H;2*1H2,2H3;;/q3*-1;+1;+2. The molecule has 66 valence electrons. The van der Waals surface area contributed by atoms with Gasteiger partial charge < -0.3 is 20.3 Å². The first-order valence-electron chi connectivity index (χ1n) is 3.82. The predicted molar refractivity (Wildman–Crippen MR) is 54.7 cm³/mol. The van der Waals surface area contributed by atoms with E-state index in [4.69, 9.17) is 6.42 Å². The van der Waals surface area contributed by atoms with E-state index in [-0.39, 0.29) is 38.3 Å². The molecular formula is C12H15LiZn.